The summed E-state index contributed by atoms with van der Waals surface area (Å²) in [5.74, 6) is -2.71. The summed E-state index contributed by atoms with van der Waals surface area (Å²) in [5.41, 5.74) is 9.03. The Labute approximate surface area is 179 Å². The first kappa shape index (κ1) is 22.4. The van der Waals surface area contributed by atoms with E-state index < -0.39 is 29.7 Å². The van der Waals surface area contributed by atoms with Crippen LogP contribution in [0.4, 0.5) is 0 Å². The van der Waals surface area contributed by atoms with E-state index in [0.717, 1.165) is 0 Å². The summed E-state index contributed by atoms with van der Waals surface area (Å²) in [5, 5.41) is 10.8. The molecule has 5 amide bonds. The second-order valence-corrected chi connectivity index (χ2v) is 7.86. The zero-order chi connectivity index (χ0) is 22.5. The Morgan fingerprint density at radius 2 is 2.00 bits per heavy atom. The Morgan fingerprint density at radius 3 is 2.68 bits per heavy atom. The Balaban J connectivity index is 1.73. The molecule has 1 saturated heterocycles. The smallest absolute Gasteiger partial charge is 0.255 e. The molecule has 2 heterocycles. The topological polar surface area (TPSA) is 159 Å². The quantitative estimate of drug-likeness (QED) is 0.193. The van der Waals surface area contributed by atoms with Crippen molar-refractivity contribution in [2.75, 3.05) is 0 Å². The summed E-state index contributed by atoms with van der Waals surface area (Å²) in [6.07, 6.45) is 2.95. The zero-order valence-corrected chi connectivity index (χ0v) is 17.1. The molecule has 0 radical (unpaired) electrons. The third kappa shape index (κ3) is 4.91. The van der Waals surface area contributed by atoms with Gasteiger partial charge in [0.15, 0.2) is 0 Å². The van der Waals surface area contributed by atoms with E-state index in [9.17, 15) is 24.0 Å². The Morgan fingerprint density at radius 1 is 1.23 bits per heavy atom. The van der Waals surface area contributed by atoms with Crippen molar-refractivity contribution in [2.24, 2.45) is 5.73 Å². The van der Waals surface area contributed by atoms with Crippen molar-refractivity contribution in [2.45, 2.75) is 63.5 Å². The highest BCUT2D eigenvalue weighted by Gasteiger charge is 2.40. The van der Waals surface area contributed by atoms with Crippen LogP contribution in [-0.4, -0.2) is 45.7 Å². The van der Waals surface area contributed by atoms with Gasteiger partial charge in [-0.15, -0.1) is 0 Å². The Hall–Kier alpha value is -3.27. The first-order valence-electron chi connectivity index (χ1n) is 10.3. The lowest BCUT2D eigenvalue weighted by Gasteiger charge is -2.29. The molecule has 0 aliphatic carbocycles. The zero-order valence-electron chi connectivity index (χ0n) is 17.1. The fourth-order valence-corrected chi connectivity index (χ4v) is 4.25. The largest absolute Gasteiger partial charge is 0.369 e. The minimum absolute atomic E-state index is 0.168. The van der Waals surface area contributed by atoms with Crippen LogP contribution in [0.15, 0.2) is 18.2 Å². The molecule has 2 atom stereocenters. The van der Waals surface area contributed by atoms with Crippen LogP contribution >= 0.6 is 0 Å². The standard InChI is InChI=1S/C21H26N4O6/c22-19(28)13(5-2-1-3-8-18(27)24-31)12-6-4-7-14-15(12)11-25(21(14)30)16-9-10-17(26)23-20(16)29/h4,6-7,13,16,31H,1-3,5,8-11H2,(H2,22,28)(H,24,27)(H,23,26,29). The fourth-order valence-electron chi connectivity index (χ4n) is 4.25. The number of hydrogen-bond acceptors (Lipinski definition) is 6. The second kappa shape index (κ2) is 9.69. The van der Waals surface area contributed by atoms with Crippen molar-refractivity contribution in [1.82, 2.24) is 15.7 Å². The van der Waals surface area contributed by atoms with Crippen LogP contribution in [0.2, 0.25) is 0 Å². The van der Waals surface area contributed by atoms with Crippen LogP contribution in [0.1, 0.15) is 72.3 Å². The van der Waals surface area contributed by atoms with Crippen molar-refractivity contribution in [3.05, 3.63) is 34.9 Å². The molecule has 5 N–H and O–H groups in total. The number of nitrogens with two attached hydrogens (primary N) is 1. The van der Waals surface area contributed by atoms with Gasteiger partial charge in [0.2, 0.25) is 23.6 Å². The van der Waals surface area contributed by atoms with Gasteiger partial charge < -0.3 is 10.6 Å². The van der Waals surface area contributed by atoms with E-state index in [4.69, 9.17) is 10.9 Å². The number of amides is 5. The van der Waals surface area contributed by atoms with Gasteiger partial charge in [-0.3, -0.25) is 34.5 Å². The summed E-state index contributed by atoms with van der Waals surface area (Å²) < 4.78 is 0. The number of unbranched alkanes of at least 4 members (excludes halogenated alkanes) is 2. The molecule has 0 aromatic heterocycles. The molecule has 1 aromatic rings. The molecular weight excluding hydrogens is 404 g/mol. The normalized spacial score (nSPS) is 19.1. The first-order chi connectivity index (χ1) is 14.8. The number of carbonyl (C=O) groups is 5. The molecule has 10 nitrogen and oxygen atoms in total. The Bertz CT molecular complexity index is 915. The highest BCUT2D eigenvalue weighted by Crippen LogP contribution is 2.34. The van der Waals surface area contributed by atoms with E-state index in [1.54, 1.807) is 23.7 Å². The molecule has 166 valence electrons. The number of benzene rings is 1. The van der Waals surface area contributed by atoms with Gasteiger partial charge in [-0.2, -0.15) is 0 Å². The number of hydroxylamine groups is 1. The predicted molar refractivity (Wildman–Crippen MR) is 107 cm³/mol. The van der Waals surface area contributed by atoms with Gasteiger partial charge in [-0.05, 0) is 36.5 Å². The van der Waals surface area contributed by atoms with Crippen LogP contribution in [-0.2, 0) is 25.7 Å². The lowest BCUT2D eigenvalue weighted by Crippen LogP contribution is -2.52. The molecular formula is C21H26N4O6. The Kier molecular flexibility index (Phi) is 7.01. The highest BCUT2D eigenvalue weighted by molar-refractivity contribution is 6.05. The van der Waals surface area contributed by atoms with Crippen molar-refractivity contribution in [1.29, 1.82) is 0 Å². The molecule has 0 spiro atoms. The summed E-state index contributed by atoms with van der Waals surface area (Å²) in [4.78, 5) is 61.3. The number of imide groups is 1. The van der Waals surface area contributed by atoms with Crippen LogP contribution in [0.3, 0.4) is 0 Å². The molecule has 31 heavy (non-hydrogen) atoms. The van der Waals surface area contributed by atoms with E-state index >= 15 is 0 Å². The van der Waals surface area contributed by atoms with Crippen molar-refractivity contribution >= 4 is 29.5 Å². The summed E-state index contributed by atoms with van der Waals surface area (Å²) in [7, 11) is 0. The van der Waals surface area contributed by atoms with Crippen molar-refractivity contribution in [3.63, 3.8) is 0 Å². The van der Waals surface area contributed by atoms with Gasteiger partial charge >= 0.3 is 0 Å². The number of hydrogen-bond donors (Lipinski definition) is 4. The number of rotatable bonds is 9. The molecule has 3 rings (SSSR count). The van der Waals surface area contributed by atoms with E-state index in [1.165, 1.54) is 4.90 Å². The molecule has 1 fully saturated rings. The number of nitrogens with zero attached hydrogens (tertiary/aromatic N) is 1. The fraction of sp³-hybridized carbons (Fsp3) is 0.476. The number of fused-ring (bicyclic) bond motifs is 1. The van der Waals surface area contributed by atoms with Crippen LogP contribution in [0.5, 0.6) is 0 Å². The lowest BCUT2D eigenvalue weighted by molar-refractivity contribution is -0.137. The maximum absolute atomic E-state index is 12.9. The van der Waals surface area contributed by atoms with E-state index in [2.05, 4.69) is 5.32 Å². The molecule has 2 aliphatic heterocycles. The minimum atomic E-state index is -0.727. The molecule has 0 saturated carbocycles. The van der Waals surface area contributed by atoms with Gasteiger partial charge in [0, 0.05) is 24.9 Å². The molecule has 2 aliphatic rings. The third-order valence-corrected chi connectivity index (χ3v) is 5.86. The number of carbonyl (C=O) groups excluding carboxylic acids is 5. The third-order valence-electron chi connectivity index (χ3n) is 5.86. The van der Waals surface area contributed by atoms with Crippen LogP contribution in [0.25, 0.3) is 0 Å². The van der Waals surface area contributed by atoms with Gasteiger partial charge in [0.1, 0.15) is 6.04 Å². The van der Waals surface area contributed by atoms with E-state index in [0.29, 0.717) is 42.4 Å². The molecule has 1 aromatic carbocycles. The minimum Gasteiger partial charge on any atom is -0.369 e. The SMILES string of the molecule is NC(=O)C(CCCCCC(=O)NO)c1cccc2c1CN(C1CCC(=O)NC1=O)C2=O. The van der Waals surface area contributed by atoms with E-state index in [1.807, 2.05) is 0 Å². The predicted octanol–water partition coefficient (Wildman–Crippen LogP) is 0.472. The van der Waals surface area contributed by atoms with Crippen LogP contribution < -0.4 is 16.5 Å². The maximum atomic E-state index is 12.9. The van der Waals surface area contributed by atoms with Gasteiger partial charge in [-0.1, -0.05) is 25.0 Å². The summed E-state index contributed by atoms with van der Waals surface area (Å²) in [6.45, 7) is 0.178. The summed E-state index contributed by atoms with van der Waals surface area (Å²) >= 11 is 0. The van der Waals surface area contributed by atoms with Gasteiger partial charge in [-0.25, -0.2) is 5.48 Å². The molecule has 2 unspecified atom stereocenters. The van der Waals surface area contributed by atoms with Crippen molar-refractivity contribution in [3.8, 4) is 0 Å². The highest BCUT2D eigenvalue weighted by atomic mass is 16.5. The monoisotopic (exact) mass is 430 g/mol. The maximum Gasteiger partial charge on any atom is 0.255 e. The molecule has 0 bridgehead atoms. The first-order valence-corrected chi connectivity index (χ1v) is 10.3. The van der Waals surface area contributed by atoms with Crippen LogP contribution in [0, 0.1) is 0 Å². The number of piperidine rings is 1. The summed E-state index contributed by atoms with van der Waals surface area (Å²) in [6, 6.07) is 4.41. The van der Waals surface area contributed by atoms with E-state index in [-0.39, 0.29) is 37.6 Å². The second-order valence-electron chi connectivity index (χ2n) is 7.86. The average Bonchev–Trinajstić information content (AvgIpc) is 3.07. The van der Waals surface area contributed by atoms with Crippen molar-refractivity contribution < 1.29 is 29.2 Å². The average molecular weight is 430 g/mol. The lowest BCUT2D eigenvalue weighted by atomic mass is 9.87. The molecule has 10 heteroatoms. The van der Waals surface area contributed by atoms with Gasteiger partial charge in [0.25, 0.3) is 5.91 Å². The number of nitrogens with one attached hydrogen (secondary N) is 2. The van der Waals surface area contributed by atoms with Gasteiger partial charge in [0.05, 0.1) is 5.92 Å². The number of primary amides is 1.